The minimum atomic E-state index is -0.452. The van der Waals surface area contributed by atoms with Crippen molar-refractivity contribution in [1.82, 2.24) is 4.98 Å². The molecule has 0 saturated carbocycles. The average Bonchev–Trinajstić information content (AvgIpc) is 2.43. The number of esters is 1. The fraction of sp³-hybridized carbons (Fsp3) is 0.143. The van der Waals surface area contributed by atoms with Gasteiger partial charge >= 0.3 is 5.97 Å². The number of hydrogen-bond donors (Lipinski definition) is 2. The van der Waals surface area contributed by atoms with Crippen molar-refractivity contribution in [2.75, 3.05) is 17.7 Å². The Labute approximate surface area is 125 Å². The van der Waals surface area contributed by atoms with Crippen molar-refractivity contribution in [2.45, 2.75) is 6.92 Å². The number of hydrogen-bond acceptors (Lipinski definition) is 5. The number of carbonyl (C=O) groups excluding carboxylic acids is 1. The maximum Gasteiger partial charge on any atom is 0.341 e. The Morgan fingerprint density at radius 2 is 2.10 bits per heavy atom. The van der Waals surface area contributed by atoms with E-state index in [0.29, 0.717) is 23.7 Å². The van der Waals surface area contributed by atoms with E-state index in [9.17, 15) is 4.79 Å². The average molecular weight is 336 g/mol. The van der Waals surface area contributed by atoms with Crippen molar-refractivity contribution in [3.63, 3.8) is 0 Å². The van der Waals surface area contributed by atoms with Gasteiger partial charge in [-0.15, -0.1) is 0 Å². The third-order valence-electron chi connectivity index (χ3n) is 2.51. The Balaban J connectivity index is 2.31. The summed E-state index contributed by atoms with van der Waals surface area (Å²) < 4.78 is 5.97. The van der Waals surface area contributed by atoms with Gasteiger partial charge in [-0.1, -0.05) is 15.9 Å². The molecule has 0 aliphatic carbocycles. The van der Waals surface area contributed by atoms with Gasteiger partial charge in [0.05, 0.1) is 18.5 Å². The second-order valence-corrected chi connectivity index (χ2v) is 4.93. The topological polar surface area (TPSA) is 77.2 Å². The quantitative estimate of drug-likeness (QED) is 0.838. The molecule has 0 spiro atoms. The number of pyridine rings is 1. The summed E-state index contributed by atoms with van der Waals surface area (Å²) in [6, 6.07) is 9.08. The number of nitrogens with two attached hydrogens (primary N) is 1. The van der Waals surface area contributed by atoms with Crippen molar-refractivity contribution < 1.29 is 9.53 Å². The lowest BCUT2D eigenvalue weighted by molar-refractivity contribution is 0.0527. The number of ether oxygens (including phenoxy) is 1. The first-order valence-electron chi connectivity index (χ1n) is 6.05. The molecule has 1 heterocycles. The van der Waals surface area contributed by atoms with Crippen LogP contribution in [-0.4, -0.2) is 17.6 Å². The molecule has 0 unspecified atom stereocenters. The van der Waals surface area contributed by atoms with Crippen LogP contribution in [-0.2, 0) is 4.74 Å². The molecule has 5 nitrogen and oxygen atoms in total. The van der Waals surface area contributed by atoms with Crippen LogP contribution in [0.4, 0.5) is 17.2 Å². The molecular weight excluding hydrogens is 322 g/mol. The normalized spacial score (nSPS) is 10.1. The van der Waals surface area contributed by atoms with Gasteiger partial charge in [0.25, 0.3) is 0 Å². The van der Waals surface area contributed by atoms with Crippen LogP contribution in [0.1, 0.15) is 17.3 Å². The Bertz CT molecular complexity index is 614. The molecule has 0 fully saturated rings. The number of anilines is 3. The predicted octanol–water partition coefficient (Wildman–Crippen LogP) is 3.35. The van der Waals surface area contributed by atoms with Gasteiger partial charge in [0.15, 0.2) is 0 Å². The molecule has 0 aliphatic rings. The lowest BCUT2D eigenvalue weighted by Gasteiger charge is -2.11. The lowest BCUT2D eigenvalue weighted by Crippen LogP contribution is -2.10. The smallest absolute Gasteiger partial charge is 0.341 e. The van der Waals surface area contributed by atoms with E-state index >= 15 is 0 Å². The molecule has 0 atom stereocenters. The van der Waals surface area contributed by atoms with Crippen LogP contribution in [0.5, 0.6) is 0 Å². The number of rotatable bonds is 4. The van der Waals surface area contributed by atoms with Crippen LogP contribution in [0.3, 0.4) is 0 Å². The zero-order chi connectivity index (χ0) is 14.5. The molecule has 20 heavy (non-hydrogen) atoms. The summed E-state index contributed by atoms with van der Waals surface area (Å²) in [6.07, 6.45) is 1.49. The first-order valence-corrected chi connectivity index (χ1v) is 6.84. The highest BCUT2D eigenvalue weighted by Crippen LogP contribution is 2.22. The molecule has 0 radical (unpaired) electrons. The summed E-state index contributed by atoms with van der Waals surface area (Å²) in [4.78, 5) is 16.0. The predicted molar refractivity (Wildman–Crippen MR) is 82.0 cm³/mol. The van der Waals surface area contributed by atoms with Crippen molar-refractivity contribution >= 4 is 39.1 Å². The Morgan fingerprint density at radius 1 is 1.40 bits per heavy atom. The van der Waals surface area contributed by atoms with Gasteiger partial charge < -0.3 is 15.8 Å². The molecule has 0 amide bonds. The standard InChI is InChI=1S/C14H14BrN3O2/c1-2-20-14(19)12-7-10(16)8-17-13(12)18-11-5-3-9(15)4-6-11/h3-8H,2,16H2,1H3,(H,17,18). The summed E-state index contributed by atoms with van der Waals surface area (Å²) in [7, 11) is 0. The SMILES string of the molecule is CCOC(=O)c1cc(N)cnc1Nc1ccc(Br)cc1. The second kappa shape index (κ2) is 6.38. The minimum absolute atomic E-state index is 0.297. The highest BCUT2D eigenvalue weighted by molar-refractivity contribution is 9.10. The Morgan fingerprint density at radius 3 is 2.75 bits per heavy atom. The zero-order valence-corrected chi connectivity index (χ0v) is 12.5. The fourth-order valence-electron chi connectivity index (χ4n) is 1.61. The summed E-state index contributed by atoms with van der Waals surface area (Å²) >= 11 is 3.36. The van der Waals surface area contributed by atoms with E-state index in [2.05, 4.69) is 26.2 Å². The Kier molecular flexibility index (Phi) is 4.57. The van der Waals surface area contributed by atoms with Gasteiger partial charge in [-0.3, -0.25) is 0 Å². The molecule has 3 N–H and O–H groups in total. The molecule has 104 valence electrons. The van der Waals surface area contributed by atoms with Gasteiger partial charge in [0.2, 0.25) is 0 Å². The monoisotopic (exact) mass is 335 g/mol. The van der Waals surface area contributed by atoms with Crippen molar-refractivity contribution in [3.05, 3.63) is 46.6 Å². The number of nitrogens with zero attached hydrogens (tertiary/aromatic N) is 1. The van der Waals surface area contributed by atoms with Crippen molar-refractivity contribution in [2.24, 2.45) is 0 Å². The number of halogens is 1. The third-order valence-corrected chi connectivity index (χ3v) is 3.04. The van der Waals surface area contributed by atoms with E-state index in [1.807, 2.05) is 24.3 Å². The summed E-state index contributed by atoms with van der Waals surface area (Å²) in [5.74, 6) is -0.0353. The van der Waals surface area contributed by atoms with E-state index in [4.69, 9.17) is 10.5 Å². The number of nitrogen functional groups attached to an aromatic ring is 1. The molecule has 0 saturated heterocycles. The number of nitrogens with one attached hydrogen (secondary N) is 1. The van der Waals surface area contributed by atoms with Crippen molar-refractivity contribution in [3.8, 4) is 0 Å². The molecule has 2 aromatic rings. The van der Waals surface area contributed by atoms with Gasteiger partial charge in [0, 0.05) is 10.2 Å². The largest absolute Gasteiger partial charge is 0.462 e. The summed E-state index contributed by atoms with van der Waals surface area (Å²) in [5, 5.41) is 3.08. The van der Waals surface area contributed by atoms with Crippen LogP contribution >= 0.6 is 15.9 Å². The van der Waals surface area contributed by atoms with Gasteiger partial charge in [-0.2, -0.15) is 0 Å². The van der Waals surface area contributed by atoms with E-state index in [0.717, 1.165) is 10.2 Å². The van der Waals surface area contributed by atoms with Crippen molar-refractivity contribution in [1.29, 1.82) is 0 Å². The maximum absolute atomic E-state index is 11.9. The van der Waals surface area contributed by atoms with E-state index in [-0.39, 0.29) is 0 Å². The molecule has 1 aromatic carbocycles. The highest BCUT2D eigenvalue weighted by atomic mass is 79.9. The second-order valence-electron chi connectivity index (χ2n) is 4.02. The zero-order valence-electron chi connectivity index (χ0n) is 10.9. The minimum Gasteiger partial charge on any atom is -0.462 e. The third kappa shape index (κ3) is 3.48. The molecule has 0 bridgehead atoms. The summed E-state index contributed by atoms with van der Waals surface area (Å²) in [6.45, 7) is 2.05. The van der Waals surface area contributed by atoms with E-state index < -0.39 is 5.97 Å². The van der Waals surface area contributed by atoms with Crippen LogP contribution in [0.15, 0.2) is 41.0 Å². The van der Waals surface area contributed by atoms with Gasteiger partial charge in [-0.25, -0.2) is 9.78 Å². The molecular formula is C14H14BrN3O2. The molecule has 1 aromatic heterocycles. The number of carbonyl (C=O) groups is 1. The number of benzene rings is 1. The first-order chi connectivity index (χ1) is 9.60. The van der Waals surface area contributed by atoms with Crippen LogP contribution in [0.25, 0.3) is 0 Å². The summed E-state index contributed by atoms with van der Waals surface area (Å²) in [5.41, 5.74) is 7.21. The maximum atomic E-state index is 11.9. The molecule has 6 heteroatoms. The molecule has 2 rings (SSSR count). The van der Waals surface area contributed by atoms with Crippen LogP contribution in [0.2, 0.25) is 0 Å². The Hall–Kier alpha value is -2.08. The van der Waals surface area contributed by atoms with Crippen LogP contribution in [0, 0.1) is 0 Å². The first kappa shape index (κ1) is 14.3. The number of aromatic nitrogens is 1. The van der Waals surface area contributed by atoms with Gasteiger partial charge in [-0.05, 0) is 37.3 Å². The van der Waals surface area contributed by atoms with Crippen LogP contribution < -0.4 is 11.1 Å². The molecule has 0 aliphatic heterocycles. The van der Waals surface area contributed by atoms with E-state index in [1.165, 1.54) is 6.20 Å². The lowest BCUT2D eigenvalue weighted by atomic mass is 10.2. The van der Waals surface area contributed by atoms with E-state index in [1.54, 1.807) is 13.0 Å². The highest BCUT2D eigenvalue weighted by Gasteiger charge is 2.14. The fourth-order valence-corrected chi connectivity index (χ4v) is 1.88. The van der Waals surface area contributed by atoms with Gasteiger partial charge in [0.1, 0.15) is 11.4 Å².